The van der Waals surface area contributed by atoms with E-state index < -0.39 is 6.29 Å². The van der Waals surface area contributed by atoms with Gasteiger partial charge < -0.3 is 29.0 Å². The summed E-state index contributed by atoms with van der Waals surface area (Å²) >= 11 is 0. The molecule has 5 atom stereocenters. The van der Waals surface area contributed by atoms with Crippen molar-refractivity contribution in [3.63, 3.8) is 0 Å². The van der Waals surface area contributed by atoms with E-state index in [0.29, 0.717) is 0 Å². The van der Waals surface area contributed by atoms with Crippen LogP contribution in [0.3, 0.4) is 0 Å². The summed E-state index contributed by atoms with van der Waals surface area (Å²) in [7, 11) is 1.68. The summed E-state index contributed by atoms with van der Waals surface area (Å²) in [6, 6.07) is 4.38. The van der Waals surface area contributed by atoms with E-state index in [0.717, 1.165) is 36.6 Å². The summed E-state index contributed by atoms with van der Waals surface area (Å²) in [6.07, 6.45) is 5.16. The molecule has 6 nitrogen and oxygen atoms in total. The van der Waals surface area contributed by atoms with Gasteiger partial charge in [0.2, 0.25) is 6.79 Å². The summed E-state index contributed by atoms with van der Waals surface area (Å²) in [5.74, 6) is 1.56. The fourth-order valence-corrected chi connectivity index (χ4v) is 4.77. The molecule has 1 saturated heterocycles. The third kappa shape index (κ3) is 2.11. The molecule has 3 aliphatic heterocycles. The van der Waals surface area contributed by atoms with Crippen LogP contribution in [0.15, 0.2) is 24.3 Å². The highest BCUT2D eigenvalue weighted by Crippen LogP contribution is 2.53. The molecule has 1 aromatic carbocycles. The molecular formula is C19H23NO5. The number of hydrogen-bond donors (Lipinski definition) is 1. The second-order valence-electron chi connectivity index (χ2n) is 6.97. The number of nitrogens with one attached hydrogen (secondary N) is 1. The fourth-order valence-electron chi connectivity index (χ4n) is 4.77. The van der Waals surface area contributed by atoms with Crippen LogP contribution in [0.4, 0.5) is 0 Å². The standard InChI is InChI=1S/C19H23NO5/c1-3-22-11-4-5-19-13-8-15-14(23-10-24-15)7-12(13)18(21-2)25-17(19)9-20-16(19)6-11/h4-5,7-8,11,16-18,20H,3,6,9-10H2,1-2H3/t11-,16+,17+,18+,19+/m0/s1. The van der Waals surface area contributed by atoms with Crippen molar-refractivity contribution in [3.05, 3.63) is 35.4 Å². The lowest BCUT2D eigenvalue weighted by Gasteiger charge is -2.46. The molecular weight excluding hydrogens is 322 g/mol. The first-order valence-corrected chi connectivity index (χ1v) is 8.93. The smallest absolute Gasteiger partial charge is 0.231 e. The van der Waals surface area contributed by atoms with Crippen LogP contribution < -0.4 is 14.8 Å². The molecule has 4 aliphatic rings. The number of benzene rings is 1. The quantitative estimate of drug-likeness (QED) is 0.846. The van der Waals surface area contributed by atoms with Crippen molar-refractivity contribution < 1.29 is 23.7 Å². The van der Waals surface area contributed by atoms with Crippen molar-refractivity contribution in [1.29, 1.82) is 0 Å². The van der Waals surface area contributed by atoms with E-state index in [2.05, 4.69) is 23.5 Å². The largest absolute Gasteiger partial charge is 0.454 e. The maximum Gasteiger partial charge on any atom is 0.231 e. The van der Waals surface area contributed by atoms with Gasteiger partial charge >= 0.3 is 0 Å². The topological polar surface area (TPSA) is 58.2 Å². The van der Waals surface area contributed by atoms with Crippen molar-refractivity contribution in [2.45, 2.75) is 43.3 Å². The molecule has 1 aromatic rings. The van der Waals surface area contributed by atoms with Crippen LogP contribution >= 0.6 is 0 Å². The SMILES string of the molecule is CCO[C@H]1C=C[C@]23c4cc5c(cc4[C@H](OC)O[C@@H]2CN[C@@H]3C1)OCO5. The van der Waals surface area contributed by atoms with E-state index >= 15 is 0 Å². The van der Waals surface area contributed by atoms with Gasteiger partial charge in [0.25, 0.3) is 0 Å². The zero-order chi connectivity index (χ0) is 17.0. The highest BCUT2D eigenvalue weighted by Gasteiger charge is 2.57. The Morgan fingerprint density at radius 3 is 2.92 bits per heavy atom. The van der Waals surface area contributed by atoms with E-state index in [-0.39, 0.29) is 30.5 Å². The maximum absolute atomic E-state index is 6.33. The van der Waals surface area contributed by atoms with E-state index in [1.807, 2.05) is 13.0 Å². The monoisotopic (exact) mass is 345 g/mol. The molecule has 6 heteroatoms. The molecule has 0 unspecified atom stereocenters. The maximum atomic E-state index is 6.33. The van der Waals surface area contributed by atoms with Crippen molar-refractivity contribution in [2.75, 3.05) is 27.1 Å². The Morgan fingerprint density at radius 1 is 1.28 bits per heavy atom. The van der Waals surface area contributed by atoms with Crippen LogP contribution in [-0.2, 0) is 19.6 Å². The summed E-state index contributed by atoms with van der Waals surface area (Å²) < 4.78 is 29.0. The zero-order valence-electron chi connectivity index (χ0n) is 14.5. The lowest BCUT2D eigenvalue weighted by Crippen LogP contribution is -2.52. The summed E-state index contributed by atoms with van der Waals surface area (Å²) in [5.41, 5.74) is 2.01. The third-order valence-electron chi connectivity index (χ3n) is 5.86. The lowest BCUT2D eigenvalue weighted by atomic mass is 9.65. The van der Waals surface area contributed by atoms with Crippen LogP contribution in [0.25, 0.3) is 0 Å². The molecule has 0 bridgehead atoms. The van der Waals surface area contributed by atoms with E-state index in [4.69, 9.17) is 23.7 Å². The Hall–Kier alpha value is -1.60. The molecule has 134 valence electrons. The van der Waals surface area contributed by atoms with Crippen LogP contribution in [0.5, 0.6) is 11.5 Å². The Morgan fingerprint density at radius 2 is 2.12 bits per heavy atom. The first-order valence-electron chi connectivity index (χ1n) is 8.93. The molecule has 0 saturated carbocycles. The van der Waals surface area contributed by atoms with E-state index in [9.17, 15) is 0 Å². The molecule has 0 aromatic heterocycles. The Bertz CT molecular complexity index is 720. The number of fused-ring (bicyclic) bond motifs is 2. The van der Waals surface area contributed by atoms with Crippen LogP contribution in [0.1, 0.15) is 30.8 Å². The summed E-state index contributed by atoms with van der Waals surface area (Å²) in [6.45, 7) is 3.81. The Labute approximate surface area is 147 Å². The third-order valence-corrected chi connectivity index (χ3v) is 5.86. The minimum atomic E-state index is -0.390. The highest BCUT2D eigenvalue weighted by molar-refractivity contribution is 5.56. The molecule has 0 amide bonds. The predicted molar refractivity (Wildman–Crippen MR) is 89.8 cm³/mol. The summed E-state index contributed by atoms with van der Waals surface area (Å²) in [4.78, 5) is 0. The van der Waals surface area contributed by atoms with Crippen LogP contribution in [-0.4, -0.2) is 45.3 Å². The molecule has 1 spiro atoms. The predicted octanol–water partition coefficient (Wildman–Crippen LogP) is 2.03. The molecule has 25 heavy (non-hydrogen) atoms. The van der Waals surface area contributed by atoms with Gasteiger partial charge in [-0.25, -0.2) is 0 Å². The number of rotatable bonds is 3. The fraction of sp³-hybridized carbons (Fsp3) is 0.579. The van der Waals surface area contributed by atoms with Gasteiger partial charge in [0.1, 0.15) is 0 Å². The second kappa shape index (κ2) is 5.71. The van der Waals surface area contributed by atoms with E-state index in [1.165, 1.54) is 5.56 Å². The second-order valence-corrected chi connectivity index (χ2v) is 6.97. The average Bonchev–Trinajstić information content (AvgIpc) is 3.23. The van der Waals surface area contributed by atoms with E-state index in [1.54, 1.807) is 7.11 Å². The number of hydrogen-bond acceptors (Lipinski definition) is 6. The van der Waals surface area contributed by atoms with Crippen molar-refractivity contribution in [3.8, 4) is 11.5 Å². The van der Waals surface area contributed by atoms with Gasteiger partial charge in [0.05, 0.1) is 17.6 Å². The van der Waals surface area contributed by atoms with Gasteiger partial charge in [0, 0.05) is 31.9 Å². The minimum Gasteiger partial charge on any atom is -0.454 e. The molecule has 1 N–H and O–H groups in total. The highest BCUT2D eigenvalue weighted by atomic mass is 16.7. The van der Waals surface area contributed by atoms with Crippen molar-refractivity contribution >= 4 is 0 Å². The Balaban J connectivity index is 1.66. The normalized spacial score (nSPS) is 37.5. The van der Waals surface area contributed by atoms with Gasteiger partial charge in [-0.2, -0.15) is 0 Å². The Kier molecular flexibility index (Phi) is 3.57. The molecule has 0 radical (unpaired) electrons. The lowest BCUT2D eigenvalue weighted by molar-refractivity contribution is -0.177. The molecule has 1 aliphatic carbocycles. The van der Waals surface area contributed by atoms with Crippen LogP contribution in [0.2, 0.25) is 0 Å². The van der Waals surface area contributed by atoms with Crippen LogP contribution in [0, 0.1) is 0 Å². The first kappa shape index (κ1) is 15.6. The summed E-state index contributed by atoms with van der Waals surface area (Å²) in [5, 5.41) is 3.65. The van der Waals surface area contributed by atoms with Gasteiger partial charge in [-0.05, 0) is 31.0 Å². The first-order chi connectivity index (χ1) is 12.3. The zero-order valence-corrected chi connectivity index (χ0v) is 14.5. The average molecular weight is 345 g/mol. The van der Waals surface area contributed by atoms with Gasteiger partial charge in [-0.15, -0.1) is 0 Å². The van der Waals surface area contributed by atoms with Gasteiger partial charge in [0.15, 0.2) is 17.8 Å². The number of ether oxygens (including phenoxy) is 5. The van der Waals surface area contributed by atoms with Gasteiger partial charge in [-0.1, -0.05) is 12.2 Å². The molecule has 1 fully saturated rings. The van der Waals surface area contributed by atoms with Crippen molar-refractivity contribution in [2.24, 2.45) is 0 Å². The number of methoxy groups -OCH3 is 1. The molecule has 3 heterocycles. The minimum absolute atomic E-state index is 0.0224. The van der Waals surface area contributed by atoms with Gasteiger partial charge in [-0.3, -0.25) is 0 Å². The molecule has 5 rings (SSSR count). The van der Waals surface area contributed by atoms with Crippen molar-refractivity contribution in [1.82, 2.24) is 5.32 Å².